The molecule has 0 radical (unpaired) electrons. The highest BCUT2D eigenvalue weighted by Gasteiger charge is 2.34. The Bertz CT molecular complexity index is 728. The molecule has 152 valence electrons. The summed E-state index contributed by atoms with van der Waals surface area (Å²) < 4.78 is 5.07. The van der Waals surface area contributed by atoms with Crippen LogP contribution in [0.2, 0.25) is 0 Å². The zero-order chi connectivity index (χ0) is 20.1. The fraction of sp³-hybridized carbons (Fsp3) is 0.571. The molecule has 0 saturated carbocycles. The minimum absolute atomic E-state index is 0.270. The Kier molecular flexibility index (Phi) is 6.54. The van der Waals surface area contributed by atoms with Gasteiger partial charge in [-0.05, 0) is 44.4 Å². The van der Waals surface area contributed by atoms with Crippen LogP contribution in [-0.2, 0) is 19.1 Å². The van der Waals surface area contributed by atoms with E-state index in [-0.39, 0.29) is 18.4 Å². The van der Waals surface area contributed by atoms with Crippen molar-refractivity contribution in [3.63, 3.8) is 0 Å². The van der Waals surface area contributed by atoms with Crippen molar-refractivity contribution in [3.8, 4) is 0 Å². The standard InChI is InChI=1S/C21H29N3O4/c1-3-28-21(27)17-7-5-9-24(15-17)20(26)19(25)23-12-10-22(11-13-23)18-8-4-6-16(2)14-18/h4,6,8,14,17H,3,5,7,9-13,15H2,1-2H3. The highest BCUT2D eigenvalue weighted by molar-refractivity contribution is 6.35. The number of esters is 1. The summed E-state index contributed by atoms with van der Waals surface area (Å²) in [6.45, 7) is 7.39. The van der Waals surface area contributed by atoms with Crippen molar-refractivity contribution < 1.29 is 19.1 Å². The van der Waals surface area contributed by atoms with Crippen LogP contribution in [0.5, 0.6) is 0 Å². The first kappa shape index (κ1) is 20.2. The maximum Gasteiger partial charge on any atom is 0.312 e. The van der Waals surface area contributed by atoms with Crippen LogP contribution in [0, 0.1) is 12.8 Å². The van der Waals surface area contributed by atoms with Gasteiger partial charge in [-0.2, -0.15) is 0 Å². The molecule has 28 heavy (non-hydrogen) atoms. The average Bonchev–Trinajstić information content (AvgIpc) is 2.73. The predicted octanol–water partition coefficient (Wildman–Crippen LogP) is 1.45. The van der Waals surface area contributed by atoms with Crippen LogP contribution in [0.15, 0.2) is 24.3 Å². The average molecular weight is 387 g/mol. The van der Waals surface area contributed by atoms with E-state index in [2.05, 4.69) is 30.0 Å². The summed E-state index contributed by atoms with van der Waals surface area (Å²) in [4.78, 5) is 42.7. The van der Waals surface area contributed by atoms with Crippen LogP contribution in [0.25, 0.3) is 0 Å². The number of hydrogen-bond donors (Lipinski definition) is 0. The second kappa shape index (κ2) is 9.08. The lowest BCUT2D eigenvalue weighted by molar-refractivity contribution is -0.156. The Morgan fingerprint density at radius 1 is 1.04 bits per heavy atom. The molecule has 0 N–H and O–H groups in total. The summed E-state index contributed by atoms with van der Waals surface area (Å²) in [6.07, 6.45) is 1.41. The number of rotatable bonds is 3. The third-order valence-corrected chi connectivity index (χ3v) is 5.45. The van der Waals surface area contributed by atoms with E-state index in [0.29, 0.717) is 52.2 Å². The summed E-state index contributed by atoms with van der Waals surface area (Å²) in [6, 6.07) is 8.29. The third kappa shape index (κ3) is 4.64. The van der Waals surface area contributed by atoms with Gasteiger partial charge >= 0.3 is 17.8 Å². The number of hydrogen-bond acceptors (Lipinski definition) is 5. The first-order valence-corrected chi connectivity index (χ1v) is 10.1. The van der Waals surface area contributed by atoms with Gasteiger partial charge in [0.05, 0.1) is 12.5 Å². The summed E-state index contributed by atoms with van der Waals surface area (Å²) in [5.74, 6) is -1.57. The van der Waals surface area contributed by atoms with Crippen molar-refractivity contribution in [2.75, 3.05) is 50.8 Å². The van der Waals surface area contributed by atoms with E-state index in [1.54, 1.807) is 11.8 Å². The molecular weight excluding hydrogens is 358 g/mol. The highest BCUT2D eigenvalue weighted by Crippen LogP contribution is 2.20. The number of carbonyl (C=O) groups is 3. The predicted molar refractivity (Wildman–Crippen MR) is 106 cm³/mol. The fourth-order valence-electron chi connectivity index (χ4n) is 3.88. The molecule has 2 saturated heterocycles. The van der Waals surface area contributed by atoms with Crippen molar-refractivity contribution in [2.24, 2.45) is 5.92 Å². The van der Waals surface area contributed by atoms with Gasteiger partial charge in [-0.3, -0.25) is 14.4 Å². The second-order valence-electron chi connectivity index (χ2n) is 7.46. The number of amides is 2. The quantitative estimate of drug-likeness (QED) is 0.580. The van der Waals surface area contributed by atoms with E-state index in [1.807, 2.05) is 6.07 Å². The summed E-state index contributed by atoms with van der Waals surface area (Å²) in [5, 5.41) is 0. The zero-order valence-electron chi connectivity index (χ0n) is 16.7. The van der Waals surface area contributed by atoms with Gasteiger partial charge in [-0.1, -0.05) is 12.1 Å². The minimum Gasteiger partial charge on any atom is -0.466 e. The molecule has 3 rings (SSSR count). The molecule has 2 fully saturated rings. The highest BCUT2D eigenvalue weighted by atomic mass is 16.5. The lowest BCUT2D eigenvalue weighted by Crippen LogP contribution is -2.55. The molecule has 2 aliphatic heterocycles. The number of benzene rings is 1. The zero-order valence-corrected chi connectivity index (χ0v) is 16.7. The van der Waals surface area contributed by atoms with Gasteiger partial charge in [-0.25, -0.2) is 0 Å². The van der Waals surface area contributed by atoms with Gasteiger partial charge in [0, 0.05) is 45.0 Å². The smallest absolute Gasteiger partial charge is 0.312 e. The van der Waals surface area contributed by atoms with Gasteiger partial charge in [-0.15, -0.1) is 0 Å². The summed E-state index contributed by atoms with van der Waals surface area (Å²) in [5.41, 5.74) is 2.35. The van der Waals surface area contributed by atoms with Gasteiger partial charge in [0.1, 0.15) is 0 Å². The van der Waals surface area contributed by atoms with Gasteiger partial charge in [0.25, 0.3) is 0 Å². The Hall–Kier alpha value is -2.57. The maximum atomic E-state index is 12.7. The molecule has 1 aromatic carbocycles. The minimum atomic E-state index is -0.502. The first-order chi connectivity index (χ1) is 13.5. The van der Waals surface area contributed by atoms with E-state index < -0.39 is 11.8 Å². The molecule has 2 heterocycles. The number of nitrogens with zero attached hydrogens (tertiary/aromatic N) is 3. The topological polar surface area (TPSA) is 70.2 Å². The molecule has 0 aliphatic carbocycles. The van der Waals surface area contributed by atoms with Crippen LogP contribution < -0.4 is 4.90 Å². The van der Waals surface area contributed by atoms with Crippen molar-refractivity contribution >= 4 is 23.5 Å². The maximum absolute atomic E-state index is 12.7. The van der Waals surface area contributed by atoms with E-state index in [1.165, 1.54) is 10.5 Å². The van der Waals surface area contributed by atoms with Gasteiger partial charge < -0.3 is 19.4 Å². The molecule has 2 aliphatic rings. The Morgan fingerprint density at radius 3 is 2.43 bits per heavy atom. The van der Waals surface area contributed by atoms with Crippen LogP contribution in [0.1, 0.15) is 25.3 Å². The number of carbonyl (C=O) groups excluding carboxylic acids is 3. The molecule has 0 aromatic heterocycles. The lowest BCUT2D eigenvalue weighted by Gasteiger charge is -2.37. The monoisotopic (exact) mass is 387 g/mol. The third-order valence-electron chi connectivity index (χ3n) is 5.45. The number of likely N-dealkylation sites (tertiary alicyclic amines) is 1. The Morgan fingerprint density at radius 2 is 1.75 bits per heavy atom. The SMILES string of the molecule is CCOC(=O)C1CCCN(C(=O)C(=O)N2CCN(c3cccc(C)c3)CC2)C1. The molecular formula is C21H29N3O4. The number of aryl methyl sites for hydroxylation is 1. The van der Waals surface area contributed by atoms with E-state index >= 15 is 0 Å². The molecule has 2 amide bonds. The van der Waals surface area contributed by atoms with Crippen LogP contribution in [-0.4, -0.2) is 73.5 Å². The van der Waals surface area contributed by atoms with Crippen molar-refractivity contribution in [1.82, 2.24) is 9.80 Å². The van der Waals surface area contributed by atoms with Crippen LogP contribution >= 0.6 is 0 Å². The lowest BCUT2D eigenvalue weighted by atomic mass is 9.98. The normalized spacial score (nSPS) is 20.1. The number of anilines is 1. The Labute approximate surface area is 166 Å². The van der Waals surface area contributed by atoms with Crippen molar-refractivity contribution in [3.05, 3.63) is 29.8 Å². The first-order valence-electron chi connectivity index (χ1n) is 10.1. The van der Waals surface area contributed by atoms with E-state index in [0.717, 1.165) is 5.69 Å². The number of ether oxygens (including phenoxy) is 1. The molecule has 1 aromatic rings. The van der Waals surface area contributed by atoms with Gasteiger partial charge in [0.15, 0.2) is 0 Å². The fourth-order valence-corrected chi connectivity index (χ4v) is 3.88. The van der Waals surface area contributed by atoms with Crippen molar-refractivity contribution in [2.45, 2.75) is 26.7 Å². The number of piperazine rings is 1. The number of piperidine rings is 1. The van der Waals surface area contributed by atoms with Gasteiger partial charge in [0.2, 0.25) is 0 Å². The second-order valence-corrected chi connectivity index (χ2v) is 7.46. The van der Waals surface area contributed by atoms with Crippen molar-refractivity contribution in [1.29, 1.82) is 0 Å². The van der Waals surface area contributed by atoms with E-state index in [9.17, 15) is 14.4 Å². The largest absolute Gasteiger partial charge is 0.466 e. The Balaban J connectivity index is 1.54. The molecule has 7 nitrogen and oxygen atoms in total. The van der Waals surface area contributed by atoms with Crippen LogP contribution in [0.4, 0.5) is 5.69 Å². The molecule has 7 heteroatoms. The molecule has 0 bridgehead atoms. The molecule has 0 spiro atoms. The molecule has 1 unspecified atom stereocenters. The van der Waals surface area contributed by atoms with E-state index in [4.69, 9.17) is 4.74 Å². The summed E-state index contributed by atoms with van der Waals surface area (Å²) >= 11 is 0. The summed E-state index contributed by atoms with van der Waals surface area (Å²) in [7, 11) is 0. The van der Waals surface area contributed by atoms with Crippen LogP contribution in [0.3, 0.4) is 0 Å². The molecule has 1 atom stereocenters.